The highest BCUT2D eigenvalue weighted by molar-refractivity contribution is 9.10. The number of nitrogens with zero attached hydrogens (tertiary/aromatic N) is 1. The molecule has 2 unspecified atom stereocenters. The number of aliphatic hydroxyl groups is 1. The molecule has 1 fully saturated rings. The third-order valence-electron chi connectivity index (χ3n) is 2.05. The predicted octanol–water partition coefficient (Wildman–Crippen LogP) is 2.14. The topological polar surface area (TPSA) is 33.1 Å². The Kier molecular flexibility index (Phi) is 1.99. The molecule has 1 aliphatic rings. The van der Waals surface area contributed by atoms with E-state index in [9.17, 15) is 5.11 Å². The Balaban J connectivity index is 2.16. The van der Waals surface area contributed by atoms with Crippen LogP contribution in [0.25, 0.3) is 0 Å². The lowest BCUT2D eigenvalue weighted by molar-refractivity contribution is 0.0660. The molecule has 0 bridgehead atoms. The lowest BCUT2D eigenvalue weighted by Crippen LogP contribution is -2.28. The number of aliphatic hydroxyl groups excluding tert-OH is 1. The molecule has 1 N–H and O–H groups in total. The average molecular weight is 234 g/mol. The van der Waals surface area contributed by atoms with E-state index < -0.39 is 0 Å². The summed E-state index contributed by atoms with van der Waals surface area (Å²) in [7, 11) is 0. The van der Waals surface area contributed by atoms with Crippen molar-refractivity contribution in [3.63, 3.8) is 0 Å². The lowest BCUT2D eigenvalue weighted by Gasteiger charge is -2.30. The maximum atomic E-state index is 9.32. The first kappa shape index (κ1) is 7.71. The molecule has 0 amide bonds. The summed E-state index contributed by atoms with van der Waals surface area (Å²) in [5.74, 6) is 0.311. The van der Waals surface area contributed by atoms with Crippen molar-refractivity contribution in [1.29, 1.82) is 0 Å². The fourth-order valence-electron chi connectivity index (χ4n) is 1.21. The van der Waals surface area contributed by atoms with Gasteiger partial charge in [0, 0.05) is 11.3 Å². The first-order valence-corrected chi connectivity index (χ1v) is 5.23. The maximum Gasteiger partial charge on any atom is 0.117 e. The molecule has 2 atom stereocenters. The SMILES string of the molecule is OC1CCC1c1nc(Br)cs1. The van der Waals surface area contributed by atoms with Gasteiger partial charge in [-0.15, -0.1) is 11.3 Å². The Morgan fingerprint density at radius 3 is 2.82 bits per heavy atom. The normalized spacial score (nSPS) is 30.0. The van der Waals surface area contributed by atoms with Crippen molar-refractivity contribution in [1.82, 2.24) is 4.98 Å². The zero-order valence-electron chi connectivity index (χ0n) is 5.83. The van der Waals surface area contributed by atoms with Crippen molar-refractivity contribution in [2.24, 2.45) is 0 Å². The Hall–Kier alpha value is 0.0700. The van der Waals surface area contributed by atoms with Crippen LogP contribution in [0, 0.1) is 0 Å². The number of aromatic nitrogens is 1. The standard InChI is InChI=1S/C7H8BrNOS/c8-6-3-11-7(9-6)4-1-2-5(4)10/h3-5,10H,1-2H2. The lowest BCUT2D eigenvalue weighted by atomic mass is 9.83. The van der Waals surface area contributed by atoms with Crippen LogP contribution in [0.5, 0.6) is 0 Å². The van der Waals surface area contributed by atoms with Gasteiger partial charge >= 0.3 is 0 Å². The zero-order chi connectivity index (χ0) is 7.84. The molecule has 2 rings (SSSR count). The number of rotatable bonds is 1. The second-order valence-corrected chi connectivity index (χ2v) is 4.46. The van der Waals surface area contributed by atoms with Gasteiger partial charge in [-0.1, -0.05) is 0 Å². The van der Waals surface area contributed by atoms with Crippen molar-refractivity contribution in [2.75, 3.05) is 0 Å². The van der Waals surface area contributed by atoms with Gasteiger partial charge in [-0.25, -0.2) is 4.98 Å². The summed E-state index contributed by atoms with van der Waals surface area (Å²) in [5, 5.41) is 12.3. The summed E-state index contributed by atoms with van der Waals surface area (Å²) < 4.78 is 0.886. The van der Waals surface area contributed by atoms with Crippen LogP contribution < -0.4 is 0 Å². The van der Waals surface area contributed by atoms with Gasteiger partial charge in [0.05, 0.1) is 11.1 Å². The van der Waals surface area contributed by atoms with E-state index in [2.05, 4.69) is 20.9 Å². The third-order valence-corrected chi connectivity index (χ3v) is 3.73. The van der Waals surface area contributed by atoms with Gasteiger partial charge < -0.3 is 5.11 Å². The quantitative estimate of drug-likeness (QED) is 0.807. The minimum atomic E-state index is -0.145. The van der Waals surface area contributed by atoms with Gasteiger partial charge in [0.1, 0.15) is 4.60 Å². The van der Waals surface area contributed by atoms with Gasteiger partial charge in [0.2, 0.25) is 0 Å². The van der Waals surface area contributed by atoms with Crippen molar-refractivity contribution >= 4 is 27.3 Å². The molecular formula is C7H8BrNOS. The monoisotopic (exact) mass is 233 g/mol. The van der Waals surface area contributed by atoms with Gasteiger partial charge in [0.15, 0.2) is 0 Å². The Bertz CT molecular complexity index is 263. The second-order valence-electron chi connectivity index (χ2n) is 2.76. The predicted molar refractivity (Wildman–Crippen MR) is 47.8 cm³/mol. The van der Waals surface area contributed by atoms with Crippen molar-refractivity contribution < 1.29 is 5.11 Å². The molecule has 1 aromatic heterocycles. The van der Waals surface area contributed by atoms with Crippen LogP contribution in [0.2, 0.25) is 0 Å². The van der Waals surface area contributed by atoms with Crippen LogP contribution in [0.4, 0.5) is 0 Å². The minimum Gasteiger partial charge on any atom is -0.392 e. The highest BCUT2D eigenvalue weighted by atomic mass is 79.9. The molecular weight excluding hydrogens is 226 g/mol. The molecule has 2 nitrogen and oxygen atoms in total. The van der Waals surface area contributed by atoms with Crippen LogP contribution in [0.1, 0.15) is 23.8 Å². The molecule has 0 aromatic carbocycles. The zero-order valence-corrected chi connectivity index (χ0v) is 8.23. The largest absolute Gasteiger partial charge is 0.392 e. The van der Waals surface area contributed by atoms with Crippen molar-refractivity contribution in [2.45, 2.75) is 24.9 Å². The summed E-state index contributed by atoms with van der Waals surface area (Å²) >= 11 is 4.91. The van der Waals surface area contributed by atoms with Crippen LogP contribution in [0.3, 0.4) is 0 Å². The number of hydrogen-bond donors (Lipinski definition) is 1. The summed E-state index contributed by atoms with van der Waals surface area (Å²) in [4.78, 5) is 4.26. The molecule has 0 saturated heterocycles. The van der Waals surface area contributed by atoms with E-state index in [1.54, 1.807) is 11.3 Å². The van der Waals surface area contributed by atoms with E-state index in [-0.39, 0.29) is 6.10 Å². The van der Waals surface area contributed by atoms with Gasteiger partial charge in [-0.3, -0.25) is 0 Å². The molecule has 1 saturated carbocycles. The molecule has 60 valence electrons. The van der Waals surface area contributed by atoms with E-state index >= 15 is 0 Å². The molecule has 0 aliphatic heterocycles. The third kappa shape index (κ3) is 1.35. The van der Waals surface area contributed by atoms with Crippen molar-refractivity contribution in [3.8, 4) is 0 Å². The van der Waals surface area contributed by atoms with Gasteiger partial charge in [-0.05, 0) is 28.8 Å². The minimum absolute atomic E-state index is 0.145. The average Bonchev–Trinajstić information content (AvgIpc) is 2.33. The van der Waals surface area contributed by atoms with E-state index in [0.717, 1.165) is 22.5 Å². The molecule has 0 radical (unpaired) electrons. The summed E-state index contributed by atoms with van der Waals surface area (Å²) in [6.45, 7) is 0. The first-order chi connectivity index (χ1) is 5.27. The Labute approximate surface area is 77.4 Å². The molecule has 1 aromatic rings. The number of thiazole rings is 1. The molecule has 4 heteroatoms. The van der Waals surface area contributed by atoms with E-state index in [0.29, 0.717) is 5.92 Å². The maximum absolute atomic E-state index is 9.32. The van der Waals surface area contributed by atoms with Gasteiger partial charge in [0.25, 0.3) is 0 Å². The number of hydrogen-bond acceptors (Lipinski definition) is 3. The van der Waals surface area contributed by atoms with Crippen LogP contribution in [-0.2, 0) is 0 Å². The van der Waals surface area contributed by atoms with E-state index in [4.69, 9.17) is 0 Å². The highest BCUT2D eigenvalue weighted by Crippen LogP contribution is 2.38. The number of halogens is 1. The first-order valence-electron chi connectivity index (χ1n) is 3.56. The van der Waals surface area contributed by atoms with Crippen LogP contribution >= 0.6 is 27.3 Å². The molecule has 1 heterocycles. The highest BCUT2D eigenvalue weighted by Gasteiger charge is 2.32. The summed E-state index contributed by atoms with van der Waals surface area (Å²) in [6.07, 6.45) is 1.87. The summed E-state index contributed by atoms with van der Waals surface area (Å²) in [6, 6.07) is 0. The second kappa shape index (κ2) is 2.84. The Morgan fingerprint density at radius 1 is 1.64 bits per heavy atom. The smallest absolute Gasteiger partial charge is 0.117 e. The molecule has 11 heavy (non-hydrogen) atoms. The Morgan fingerprint density at radius 2 is 2.45 bits per heavy atom. The van der Waals surface area contributed by atoms with E-state index in [1.165, 1.54) is 0 Å². The fraction of sp³-hybridized carbons (Fsp3) is 0.571. The van der Waals surface area contributed by atoms with Crippen molar-refractivity contribution in [3.05, 3.63) is 15.0 Å². The summed E-state index contributed by atoms with van der Waals surface area (Å²) in [5.41, 5.74) is 0. The fourth-order valence-corrected chi connectivity index (χ4v) is 2.67. The molecule has 1 aliphatic carbocycles. The van der Waals surface area contributed by atoms with Gasteiger partial charge in [-0.2, -0.15) is 0 Å². The van der Waals surface area contributed by atoms with E-state index in [1.807, 2.05) is 5.38 Å². The molecule has 0 spiro atoms. The van der Waals surface area contributed by atoms with Crippen LogP contribution in [0.15, 0.2) is 9.98 Å². The van der Waals surface area contributed by atoms with Crippen LogP contribution in [-0.4, -0.2) is 16.2 Å².